The Bertz CT molecular complexity index is 739. The minimum Gasteiger partial charge on any atom is -0.218 e. The molecule has 0 saturated heterocycles. The van der Waals surface area contributed by atoms with E-state index in [9.17, 15) is 8.42 Å². The van der Waals surface area contributed by atoms with E-state index in [1.54, 1.807) is 29.6 Å². The normalized spacial score (nSPS) is 12.1. The largest absolute Gasteiger partial charge is 0.218 e. The molecule has 0 radical (unpaired) electrons. The van der Waals surface area contributed by atoms with Gasteiger partial charge in [-0.3, -0.25) is 0 Å². The van der Waals surface area contributed by atoms with Crippen molar-refractivity contribution in [3.05, 3.63) is 56.0 Å². The van der Waals surface area contributed by atoms with E-state index >= 15 is 0 Å². The zero-order valence-electron chi connectivity index (χ0n) is 9.58. The summed E-state index contributed by atoms with van der Waals surface area (Å²) in [6.07, 6.45) is 1.38. The van der Waals surface area contributed by atoms with Crippen LogP contribution in [0.5, 0.6) is 0 Å². The van der Waals surface area contributed by atoms with Crippen molar-refractivity contribution >= 4 is 43.2 Å². The van der Waals surface area contributed by atoms with Crippen LogP contribution in [-0.2, 0) is 9.84 Å². The number of hydrogen-bond acceptors (Lipinski definition) is 4. The molecule has 0 N–H and O–H groups in total. The van der Waals surface area contributed by atoms with Gasteiger partial charge in [-0.1, -0.05) is 15.9 Å². The standard InChI is InChI=1S/C13H8BrNO2S2/c14-11-1-3-12(4-2-11)19(16,17)13(8-15)7-10-5-6-18-9-10/h1-7,9H/b13-7-. The highest BCUT2D eigenvalue weighted by molar-refractivity contribution is 9.10. The average molecular weight is 354 g/mol. The molecule has 6 heteroatoms. The van der Waals surface area contributed by atoms with Crippen LogP contribution < -0.4 is 0 Å². The van der Waals surface area contributed by atoms with Gasteiger partial charge < -0.3 is 0 Å². The quantitative estimate of drug-likeness (QED) is 0.787. The molecular formula is C13H8BrNO2S2. The summed E-state index contributed by atoms with van der Waals surface area (Å²) in [4.78, 5) is -0.146. The molecule has 0 amide bonds. The van der Waals surface area contributed by atoms with Crippen LogP contribution in [0.4, 0.5) is 0 Å². The zero-order valence-corrected chi connectivity index (χ0v) is 12.8. The first-order chi connectivity index (χ1) is 9.04. The first-order valence-corrected chi connectivity index (χ1v) is 8.40. The van der Waals surface area contributed by atoms with Gasteiger partial charge in [0, 0.05) is 4.47 Å². The second-order valence-corrected chi connectivity index (χ2v) is 7.25. The van der Waals surface area contributed by atoms with E-state index in [1.807, 2.05) is 5.38 Å². The van der Waals surface area contributed by atoms with Gasteiger partial charge in [0.2, 0.25) is 9.84 Å². The van der Waals surface area contributed by atoms with Crippen LogP contribution in [-0.4, -0.2) is 8.42 Å². The van der Waals surface area contributed by atoms with Crippen LogP contribution in [0.3, 0.4) is 0 Å². The lowest BCUT2D eigenvalue weighted by atomic mass is 10.3. The molecule has 0 bridgehead atoms. The Morgan fingerprint density at radius 2 is 1.95 bits per heavy atom. The van der Waals surface area contributed by atoms with Gasteiger partial charge in [-0.25, -0.2) is 8.42 Å². The summed E-state index contributed by atoms with van der Waals surface area (Å²) >= 11 is 4.69. The van der Waals surface area contributed by atoms with Gasteiger partial charge in [-0.05, 0) is 52.7 Å². The third kappa shape index (κ3) is 3.13. The van der Waals surface area contributed by atoms with E-state index in [4.69, 9.17) is 5.26 Å². The molecule has 1 heterocycles. The Morgan fingerprint density at radius 1 is 1.26 bits per heavy atom. The molecule has 1 aromatic heterocycles. The summed E-state index contributed by atoms with van der Waals surface area (Å²) in [5.74, 6) is 0. The Kier molecular flexibility index (Phi) is 4.20. The summed E-state index contributed by atoms with van der Waals surface area (Å²) in [6.45, 7) is 0. The van der Waals surface area contributed by atoms with Crippen LogP contribution >= 0.6 is 27.3 Å². The Morgan fingerprint density at radius 3 is 2.47 bits per heavy atom. The van der Waals surface area contributed by atoms with E-state index < -0.39 is 9.84 Å². The van der Waals surface area contributed by atoms with Crippen molar-refractivity contribution in [1.82, 2.24) is 0 Å². The summed E-state index contributed by atoms with van der Waals surface area (Å²) in [5.41, 5.74) is 0.710. The van der Waals surface area contributed by atoms with Gasteiger partial charge >= 0.3 is 0 Å². The maximum absolute atomic E-state index is 12.3. The van der Waals surface area contributed by atoms with Crippen LogP contribution in [0.25, 0.3) is 6.08 Å². The van der Waals surface area contributed by atoms with Crippen molar-refractivity contribution in [3.63, 3.8) is 0 Å². The number of sulfone groups is 1. The first kappa shape index (κ1) is 14.0. The van der Waals surface area contributed by atoms with Gasteiger partial charge in [0.25, 0.3) is 0 Å². The Balaban J connectivity index is 2.49. The molecule has 0 atom stereocenters. The molecule has 0 fully saturated rings. The van der Waals surface area contributed by atoms with E-state index in [0.717, 1.165) is 4.47 Å². The molecule has 0 saturated carbocycles. The maximum Gasteiger partial charge on any atom is 0.216 e. The molecular weight excluding hydrogens is 346 g/mol. The third-order valence-corrected chi connectivity index (χ3v) is 5.28. The van der Waals surface area contributed by atoms with Crippen LogP contribution in [0, 0.1) is 11.3 Å². The maximum atomic E-state index is 12.3. The minimum absolute atomic E-state index is 0.110. The smallest absolute Gasteiger partial charge is 0.216 e. The highest BCUT2D eigenvalue weighted by Crippen LogP contribution is 2.23. The molecule has 0 spiro atoms. The lowest BCUT2D eigenvalue weighted by Gasteiger charge is -2.02. The molecule has 1 aromatic carbocycles. The van der Waals surface area contributed by atoms with Gasteiger partial charge in [-0.15, -0.1) is 0 Å². The van der Waals surface area contributed by atoms with Crippen LogP contribution in [0.1, 0.15) is 5.56 Å². The van der Waals surface area contributed by atoms with Gasteiger partial charge in [0.05, 0.1) is 4.90 Å². The minimum atomic E-state index is -3.76. The molecule has 0 aliphatic heterocycles. The number of nitriles is 1. The predicted molar refractivity (Wildman–Crippen MR) is 79.2 cm³/mol. The number of halogens is 1. The van der Waals surface area contributed by atoms with Crippen LogP contribution in [0.15, 0.2) is 55.4 Å². The topological polar surface area (TPSA) is 57.9 Å². The molecule has 96 valence electrons. The van der Waals surface area contributed by atoms with E-state index in [1.165, 1.54) is 29.5 Å². The fourth-order valence-electron chi connectivity index (χ4n) is 1.42. The Hall–Kier alpha value is -1.42. The number of nitrogens with zero attached hydrogens (tertiary/aromatic N) is 1. The lowest BCUT2D eigenvalue weighted by Crippen LogP contribution is -2.03. The van der Waals surface area contributed by atoms with E-state index in [0.29, 0.717) is 5.56 Å². The number of hydrogen-bond donors (Lipinski definition) is 0. The summed E-state index contributed by atoms with van der Waals surface area (Å²) in [5, 5.41) is 12.7. The molecule has 3 nitrogen and oxygen atoms in total. The second kappa shape index (κ2) is 5.70. The Labute approximate surface area is 123 Å². The summed E-state index contributed by atoms with van der Waals surface area (Å²) in [7, 11) is -3.76. The van der Waals surface area contributed by atoms with Gasteiger partial charge in [0.1, 0.15) is 11.0 Å². The molecule has 2 rings (SSSR count). The molecule has 19 heavy (non-hydrogen) atoms. The third-order valence-electron chi connectivity index (χ3n) is 2.36. The lowest BCUT2D eigenvalue weighted by molar-refractivity contribution is 0.603. The number of benzene rings is 1. The first-order valence-electron chi connectivity index (χ1n) is 5.18. The van der Waals surface area contributed by atoms with Gasteiger partial charge in [-0.2, -0.15) is 16.6 Å². The highest BCUT2D eigenvalue weighted by atomic mass is 79.9. The fourth-order valence-corrected chi connectivity index (χ4v) is 3.46. The zero-order chi connectivity index (χ0) is 13.9. The predicted octanol–water partition coefficient (Wildman–Crippen LogP) is 3.85. The van der Waals surface area contributed by atoms with E-state index in [-0.39, 0.29) is 9.80 Å². The average Bonchev–Trinajstić information content (AvgIpc) is 2.89. The second-order valence-electron chi connectivity index (χ2n) is 3.63. The molecule has 2 aromatic rings. The molecule has 0 unspecified atom stereocenters. The van der Waals surface area contributed by atoms with E-state index in [2.05, 4.69) is 15.9 Å². The summed E-state index contributed by atoms with van der Waals surface area (Å²) < 4.78 is 25.4. The van der Waals surface area contributed by atoms with Crippen molar-refractivity contribution in [2.24, 2.45) is 0 Å². The highest BCUT2D eigenvalue weighted by Gasteiger charge is 2.20. The van der Waals surface area contributed by atoms with Crippen molar-refractivity contribution in [2.45, 2.75) is 4.90 Å². The van der Waals surface area contributed by atoms with Crippen molar-refractivity contribution in [1.29, 1.82) is 5.26 Å². The number of thiophene rings is 1. The van der Waals surface area contributed by atoms with Crippen LogP contribution in [0.2, 0.25) is 0 Å². The summed E-state index contributed by atoms with van der Waals surface area (Å²) in [6, 6.07) is 9.73. The van der Waals surface area contributed by atoms with Crippen molar-refractivity contribution in [3.8, 4) is 6.07 Å². The number of rotatable bonds is 3. The molecule has 0 aliphatic carbocycles. The SMILES string of the molecule is N#C/C(=C/c1ccsc1)S(=O)(=O)c1ccc(Br)cc1. The monoisotopic (exact) mass is 353 g/mol. The fraction of sp³-hybridized carbons (Fsp3) is 0. The van der Waals surface area contributed by atoms with Gasteiger partial charge in [0.15, 0.2) is 0 Å². The van der Waals surface area contributed by atoms with Crippen molar-refractivity contribution < 1.29 is 8.42 Å². The number of allylic oxidation sites excluding steroid dienone is 1. The molecule has 0 aliphatic rings. The van der Waals surface area contributed by atoms with Crippen molar-refractivity contribution in [2.75, 3.05) is 0 Å².